The highest BCUT2D eigenvalue weighted by atomic mass is 35.5. The van der Waals surface area contributed by atoms with E-state index in [4.69, 9.17) is 23.2 Å². The maximum absolute atomic E-state index is 13.5. The minimum Gasteiger partial charge on any atom is -0.350 e. The van der Waals surface area contributed by atoms with E-state index in [0.717, 1.165) is 16.6 Å². The molecule has 0 aliphatic carbocycles. The van der Waals surface area contributed by atoms with E-state index in [9.17, 15) is 28.1 Å². The number of halogens is 2. The van der Waals surface area contributed by atoms with E-state index in [-0.39, 0.29) is 22.9 Å². The topological polar surface area (TPSA) is 130 Å². The zero-order valence-corrected chi connectivity index (χ0v) is 22.8. The lowest BCUT2D eigenvalue weighted by Gasteiger charge is -2.33. The number of carbonyl (C=O) groups is 2. The Bertz CT molecular complexity index is 1260. The fourth-order valence-corrected chi connectivity index (χ4v) is 4.43. The van der Waals surface area contributed by atoms with Gasteiger partial charge in [-0.25, -0.2) is 8.42 Å². The van der Waals surface area contributed by atoms with Crippen molar-refractivity contribution in [2.75, 3.05) is 17.1 Å². The molecule has 13 heteroatoms. The van der Waals surface area contributed by atoms with Crippen LogP contribution >= 0.6 is 23.2 Å². The number of nitro groups is 1. The molecule has 10 nitrogen and oxygen atoms in total. The van der Waals surface area contributed by atoms with Crippen LogP contribution in [0.4, 0.5) is 11.4 Å². The summed E-state index contributed by atoms with van der Waals surface area (Å²) in [6.45, 7) is 6.13. The first-order chi connectivity index (χ1) is 16.5. The summed E-state index contributed by atoms with van der Waals surface area (Å²) < 4.78 is 25.9. The normalized spacial score (nSPS) is 12.5. The maximum atomic E-state index is 13.5. The molecule has 2 amide bonds. The number of rotatable bonds is 9. The van der Waals surface area contributed by atoms with Crippen molar-refractivity contribution in [1.82, 2.24) is 10.2 Å². The predicted molar refractivity (Wildman–Crippen MR) is 140 cm³/mol. The van der Waals surface area contributed by atoms with Gasteiger partial charge < -0.3 is 10.2 Å². The number of nitro benzene ring substituents is 1. The van der Waals surface area contributed by atoms with Gasteiger partial charge in [-0.3, -0.25) is 24.0 Å². The second kappa shape index (κ2) is 11.4. The number of benzene rings is 2. The van der Waals surface area contributed by atoms with Crippen molar-refractivity contribution in [2.45, 2.75) is 45.8 Å². The first-order valence-corrected chi connectivity index (χ1v) is 13.4. The third-order valence-electron chi connectivity index (χ3n) is 5.01. The number of sulfonamides is 1. The van der Waals surface area contributed by atoms with Crippen LogP contribution in [0, 0.1) is 10.1 Å². The fraction of sp³-hybridized carbons (Fsp3) is 0.391. The zero-order valence-electron chi connectivity index (χ0n) is 20.5. The van der Waals surface area contributed by atoms with Crippen LogP contribution in [0.3, 0.4) is 0 Å². The molecule has 196 valence electrons. The lowest BCUT2D eigenvalue weighted by Crippen LogP contribution is -2.54. The Morgan fingerprint density at radius 2 is 1.75 bits per heavy atom. The van der Waals surface area contributed by atoms with Gasteiger partial charge in [0.15, 0.2) is 0 Å². The number of nitrogens with one attached hydrogen (secondary N) is 1. The third-order valence-corrected chi connectivity index (χ3v) is 6.89. The molecule has 0 bridgehead atoms. The Kier molecular flexibility index (Phi) is 9.33. The van der Waals surface area contributed by atoms with Crippen molar-refractivity contribution in [1.29, 1.82) is 0 Å². The molecule has 36 heavy (non-hydrogen) atoms. The largest absolute Gasteiger partial charge is 0.350 e. The molecule has 2 rings (SSSR count). The van der Waals surface area contributed by atoms with Crippen LogP contribution in [0.15, 0.2) is 42.5 Å². The molecule has 0 radical (unpaired) electrons. The number of amides is 2. The summed E-state index contributed by atoms with van der Waals surface area (Å²) >= 11 is 12.1. The van der Waals surface area contributed by atoms with Gasteiger partial charge in [-0.1, -0.05) is 35.3 Å². The molecular weight excluding hydrogens is 531 g/mol. The number of carbonyl (C=O) groups excluding carboxylic acids is 2. The summed E-state index contributed by atoms with van der Waals surface area (Å²) in [7, 11) is -4.02. The van der Waals surface area contributed by atoms with E-state index in [1.54, 1.807) is 39.0 Å². The van der Waals surface area contributed by atoms with Crippen LogP contribution in [-0.4, -0.2) is 54.4 Å². The molecule has 1 N–H and O–H groups in total. The number of anilines is 1. The lowest BCUT2D eigenvalue weighted by atomic mass is 10.1. The van der Waals surface area contributed by atoms with Gasteiger partial charge in [0.1, 0.15) is 12.6 Å². The zero-order chi connectivity index (χ0) is 27.4. The minimum atomic E-state index is -4.02. The highest BCUT2D eigenvalue weighted by molar-refractivity contribution is 7.92. The van der Waals surface area contributed by atoms with Gasteiger partial charge in [-0.15, -0.1) is 0 Å². The Hall–Kier alpha value is -2.89. The molecule has 0 spiro atoms. The SMILES string of the molecule is CC(C(=O)NC(C)(C)C)N(Cc1ccc(Cl)c(Cl)c1)C(=O)CN(c1cccc([N+](=O)[O-])c1)S(C)(=O)=O. The number of non-ortho nitro benzene ring substituents is 1. The van der Waals surface area contributed by atoms with Gasteiger partial charge in [0.25, 0.3) is 5.69 Å². The Labute approximate surface area is 220 Å². The van der Waals surface area contributed by atoms with Gasteiger partial charge in [-0.2, -0.15) is 0 Å². The molecule has 0 aliphatic rings. The van der Waals surface area contributed by atoms with Crippen molar-refractivity contribution < 1.29 is 22.9 Å². The fourth-order valence-electron chi connectivity index (χ4n) is 3.27. The van der Waals surface area contributed by atoms with Crippen LogP contribution in [0.2, 0.25) is 10.0 Å². The van der Waals surface area contributed by atoms with Gasteiger partial charge in [-0.05, 0) is 51.5 Å². The first-order valence-electron chi connectivity index (χ1n) is 10.8. The summed E-state index contributed by atoms with van der Waals surface area (Å²) in [6, 6.07) is 8.69. The monoisotopic (exact) mass is 558 g/mol. The van der Waals surface area contributed by atoms with Crippen molar-refractivity contribution in [3.05, 3.63) is 68.2 Å². The molecule has 0 aliphatic heterocycles. The van der Waals surface area contributed by atoms with E-state index in [2.05, 4.69) is 5.32 Å². The van der Waals surface area contributed by atoms with Crippen LogP contribution < -0.4 is 9.62 Å². The second-order valence-electron chi connectivity index (χ2n) is 9.23. The van der Waals surface area contributed by atoms with Crippen LogP contribution in [0.5, 0.6) is 0 Å². The first kappa shape index (κ1) is 29.3. The van der Waals surface area contributed by atoms with Gasteiger partial charge in [0, 0.05) is 24.2 Å². The number of hydrogen-bond acceptors (Lipinski definition) is 6. The van der Waals surface area contributed by atoms with Crippen molar-refractivity contribution in [2.24, 2.45) is 0 Å². The second-order valence-corrected chi connectivity index (χ2v) is 12.0. The Morgan fingerprint density at radius 1 is 1.11 bits per heavy atom. The van der Waals surface area contributed by atoms with Crippen LogP contribution in [0.25, 0.3) is 0 Å². The predicted octanol–water partition coefficient (Wildman–Crippen LogP) is 4.00. The van der Waals surface area contributed by atoms with Crippen LogP contribution in [-0.2, 0) is 26.2 Å². The average Bonchev–Trinajstić information content (AvgIpc) is 2.75. The van der Waals surface area contributed by atoms with Crippen molar-refractivity contribution in [3.63, 3.8) is 0 Å². The summed E-state index contributed by atoms with van der Waals surface area (Å²) in [5.74, 6) is -1.15. The van der Waals surface area contributed by atoms with Crippen LogP contribution in [0.1, 0.15) is 33.3 Å². The summed E-state index contributed by atoms with van der Waals surface area (Å²) in [5.41, 5.74) is -0.402. The summed E-state index contributed by atoms with van der Waals surface area (Å²) in [6.07, 6.45) is 0.887. The molecule has 0 aromatic heterocycles. The van der Waals surface area contributed by atoms with E-state index in [1.165, 1.54) is 30.0 Å². The molecule has 1 unspecified atom stereocenters. The molecular formula is C23H28Cl2N4O6S. The van der Waals surface area contributed by atoms with Gasteiger partial charge >= 0.3 is 0 Å². The molecule has 2 aromatic carbocycles. The third kappa shape index (κ3) is 8.07. The maximum Gasteiger partial charge on any atom is 0.271 e. The molecule has 0 saturated carbocycles. The summed E-state index contributed by atoms with van der Waals surface area (Å²) in [4.78, 5) is 38.2. The minimum absolute atomic E-state index is 0.0543. The quantitative estimate of drug-likeness (QED) is 0.365. The average molecular weight is 559 g/mol. The Balaban J connectivity index is 2.47. The van der Waals surface area contributed by atoms with E-state index >= 15 is 0 Å². The van der Waals surface area contributed by atoms with Gasteiger partial charge in [0.05, 0.1) is 26.9 Å². The molecule has 1 atom stereocenters. The highest BCUT2D eigenvalue weighted by Crippen LogP contribution is 2.26. The molecule has 2 aromatic rings. The van der Waals surface area contributed by atoms with Crippen molar-refractivity contribution >= 4 is 56.4 Å². The van der Waals surface area contributed by atoms with Crippen molar-refractivity contribution in [3.8, 4) is 0 Å². The molecule has 0 saturated heterocycles. The van der Waals surface area contributed by atoms with E-state index in [0.29, 0.717) is 10.6 Å². The number of nitrogens with zero attached hydrogens (tertiary/aromatic N) is 3. The molecule has 0 heterocycles. The van der Waals surface area contributed by atoms with E-state index in [1.807, 2.05) is 0 Å². The molecule has 0 fully saturated rings. The summed E-state index contributed by atoms with van der Waals surface area (Å²) in [5, 5.41) is 14.6. The highest BCUT2D eigenvalue weighted by Gasteiger charge is 2.31. The lowest BCUT2D eigenvalue weighted by molar-refractivity contribution is -0.384. The smallest absolute Gasteiger partial charge is 0.271 e. The van der Waals surface area contributed by atoms with Gasteiger partial charge in [0.2, 0.25) is 21.8 Å². The Morgan fingerprint density at radius 3 is 2.28 bits per heavy atom. The number of hydrogen-bond donors (Lipinski definition) is 1. The van der Waals surface area contributed by atoms with E-state index < -0.39 is 44.9 Å². The standard InChI is InChI=1S/C23H28Cl2N4O6S/c1-15(22(31)26-23(2,3)4)27(13-16-9-10-19(24)20(25)11-16)21(30)14-28(36(5,34)35)17-7-6-8-18(12-17)29(32)33/h6-12,15H,13-14H2,1-5H3,(H,26,31).